The van der Waals surface area contributed by atoms with E-state index in [1.54, 1.807) is 43.3 Å². The number of nitrogens with one attached hydrogen (secondary N) is 1. The number of hydrogen-bond acceptors (Lipinski definition) is 5. The standard InChI is InChI=1S/C23H21ClN2O5S/c1-16-20(24)9-6-10-21(16)26(32(29,30)19-7-4-3-5-8-19)15-22(27)25-18-13-11-17(12-14-18)23(28)31-2/h3-14H,15H2,1-2H3,(H,25,27). The molecule has 3 rings (SSSR count). The molecule has 0 radical (unpaired) electrons. The number of benzene rings is 3. The van der Waals surface area contributed by atoms with Crippen LogP contribution in [0.4, 0.5) is 11.4 Å². The Morgan fingerprint density at radius 3 is 2.25 bits per heavy atom. The third-order valence-electron chi connectivity index (χ3n) is 4.72. The van der Waals surface area contributed by atoms with Gasteiger partial charge in [-0.2, -0.15) is 0 Å². The number of carbonyl (C=O) groups excluding carboxylic acids is 2. The number of ether oxygens (including phenoxy) is 1. The van der Waals surface area contributed by atoms with Crippen LogP contribution in [-0.2, 0) is 19.6 Å². The fourth-order valence-corrected chi connectivity index (χ4v) is 4.69. The second kappa shape index (κ2) is 9.84. The molecule has 0 saturated carbocycles. The van der Waals surface area contributed by atoms with Crippen LogP contribution in [0, 0.1) is 6.92 Å². The first-order valence-electron chi connectivity index (χ1n) is 9.55. The molecular formula is C23H21ClN2O5S. The summed E-state index contributed by atoms with van der Waals surface area (Å²) in [5.74, 6) is -1.06. The van der Waals surface area contributed by atoms with Gasteiger partial charge in [0.2, 0.25) is 5.91 Å². The van der Waals surface area contributed by atoms with Crippen molar-refractivity contribution < 1.29 is 22.7 Å². The molecule has 0 aliphatic rings. The predicted octanol–water partition coefficient (Wildman–Crippen LogP) is 4.27. The fraction of sp³-hybridized carbons (Fsp3) is 0.130. The van der Waals surface area contributed by atoms with E-state index < -0.39 is 28.4 Å². The van der Waals surface area contributed by atoms with Crippen molar-refractivity contribution in [2.45, 2.75) is 11.8 Å². The summed E-state index contributed by atoms with van der Waals surface area (Å²) < 4.78 is 32.5. The number of nitrogens with zero attached hydrogens (tertiary/aromatic N) is 1. The number of amides is 1. The summed E-state index contributed by atoms with van der Waals surface area (Å²) in [4.78, 5) is 24.4. The Balaban J connectivity index is 1.91. The van der Waals surface area contributed by atoms with Gasteiger partial charge in [0.05, 0.1) is 23.3 Å². The maximum atomic E-state index is 13.4. The van der Waals surface area contributed by atoms with Crippen molar-refractivity contribution in [2.24, 2.45) is 0 Å². The zero-order valence-electron chi connectivity index (χ0n) is 17.4. The molecule has 0 atom stereocenters. The summed E-state index contributed by atoms with van der Waals surface area (Å²) in [6.07, 6.45) is 0. The number of hydrogen-bond donors (Lipinski definition) is 1. The predicted molar refractivity (Wildman–Crippen MR) is 124 cm³/mol. The van der Waals surface area contributed by atoms with Crippen molar-refractivity contribution >= 4 is 44.9 Å². The second-order valence-corrected chi connectivity index (χ2v) is 9.10. The van der Waals surface area contributed by atoms with E-state index in [-0.39, 0.29) is 4.90 Å². The lowest BCUT2D eigenvalue weighted by Crippen LogP contribution is -2.38. The number of rotatable bonds is 7. The van der Waals surface area contributed by atoms with Crippen molar-refractivity contribution in [3.8, 4) is 0 Å². The van der Waals surface area contributed by atoms with Gasteiger partial charge in [-0.3, -0.25) is 9.10 Å². The summed E-state index contributed by atoms with van der Waals surface area (Å²) in [7, 11) is -2.77. The fourth-order valence-electron chi connectivity index (χ4n) is 3.02. The highest BCUT2D eigenvalue weighted by molar-refractivity contribution is 7.92. The van der Waals surface area contributed by atoms with E-state index in [4.69, 9.17) is 11.6 Å². The molecule has 32 heavy (non-hydrogen) atoms. The monoisotopic (exact) mass is 472 g/mol. The quantitative estimate of drug-likeness (QED) is 0.518. The molecule has 1 N–H and O–H groups in total. The molecule has 9 heteroatoms. The van der Waals surface area contributed by atoms with E-state index in [1.807, 2.05) is 0 Å². The largest absolute Gasteiger partial charge is 0.465 e. The molecule has 0 heterocycles. The highest BCUT2D eigenvalue weighted by atomic mass is 35.5. The van der Waals surface area contributed by atoms with Gasteiger partial charge in [0.15, 0.2) is 0 Å². The highest BCUT2D eigenvalue weighted by Crippen LogP contribution is 2.30. The Hall–Kier alpha value is -3.36. The van der Waals surface area contributed by atoms with Crippen LogP contribution in [0.2, 0.25) is 5.02 Å². The molecule has 7 nitrogen and oxygen atoms in total. The Morgan fingerprint density at radius 1 is 0.969 bits per heavy atom. The minimum absolute atomic E-state index is 0.0506. The van der Waals surface area contributed by atoms with Crippen molar-refractivity contribution in [3.05, 3.63) is 88.9 Å². The molecule has 0 unspecified atom stereocenters. The van der Waals surface area contributed by atoms with Crippen LogP contribution in [0.5, 0.6) is 0 Å². The first kappa shape index (κ1) is 23.3. The number of carbonyl (C=O) groups is 2. The second-order valence-electron chi connectivity index (χ2n) is 6.83. The van der Waals surface area contributed by atoms with Gasteiger partial charge < -0.3 is 10.1 Å². The van der Waals surface area contributed by atoms with Gasteiger partial charge in [0.25, 0.3) is 10.0 Å². The van der Waals surface area contributed by atoms with E-state index in [9.17, 15) is 18.0 Å². The first-order chi connectivity index (χ1) is 15.2. The Morgan fingerprint density at radius 2 is 1.62 bits per heavy atom. The average Bonchev–Trinajstić information content (AvgIpc) is 2.80. The average molecular weight is 473 g/mol. The minimum atomic E-state index is -4.05. The van der Waals surface area contributed by atoms with Gasteiger partial charge in [0.1, 0.15) is 6.54 Å². The number of esters is 1. The van der Waals surface area contributed by atoms with Crippen LogP contribution < -0.4 is 9.62 Å². The van der Waals surface area contributed by atoms with Crippen LogP contribution in [0.25, 0.3) is 0 Å². The SMILES string of the molecule is COC(=O)c1ccc(NC(=O)CN(c2cccc(Cl)c2C)S(=O)(=O)c2ccccc2)cc1. The van der Waals surface area contributed by atoms with Crippen LogP contribution in [0.1, 0.15) is 15.9 Å². The smallest absolute Gasteiger partial charge is 0.337 e. The normalized spacial score (nSPS) is 11.0. The minimum Gasteiger partial charge on any atom is -0.465 e. The third-order valence-corrected chi connectivity index (χ3v) is 6.90. The topological polar surface area (TPSA) is 92.8 Å². The molecule has 0 aliphatic carbocycles. The van der Waals surface area contributed by atoms with Crippen LogP contribution in [-0.4, -0.2) is 33.9 Å². The van der Waals surface area contributed by atoms with Gasteiger partial charge >= 0.3 is 5.97 Å². The summed E-state index contributed by atoms with van der Waals surface area (Å²) in [6.45, 7) is 1.21. The van der Waals surface area contributed by atoms with E-state index in [2.05, 4.69) is 10.1 Å². The molecule has 0 aromatic heterocycles. The van der Waals surface area contributed by atoms with Crippen molar-refractivity contribution in [1.82, 2.24) is 0 Å². The molecule has 0 spiro atoms. The molecule has 3 aromatic rings. The maximum Gasteiger partial charge on any atom is 0.337 e. The van der Waals surface area contributed by atoms with Crippen molar-refractivity contribution in [1.29, 1.82) is 0 Å². The number of halogens is 1. The molecule has 1 amide bonds. The third kappa shape index (κ3) is 5.09. The lowest BCUT2D eigenvalue weighted by atomic mass is 10.2. The van der Waals surface area contributed by atoms with Crippen molar-refractivity contribution in [2.75, 3.05) is 23.3 Å². The number of methoxy groups -OCH3 is 1. The zero-order valence-corrected chi connectivity index (χ0v) is 19.0. The number of anilines is 2. The Labute approximate surface area is 191 Å². The van der Waals surface area contributed by atoms with Crippen LogP contribution in [0.15, 0.2) is 77.7 Å². The molecule has 0 aliphatic heterocycles. The molecule has 0 bridgehead atoms. The molecule has 0 fully saturated rings. The highest BCUT2D eigenvalue weighted by Gasteiger charge is 2.28. The number of sulfonamides is 1. The van der Waals surface area contributed by atoms with E-state index >= 15 is 0 Å². The Bertz CT molecular complexity index is 1230. The molecule has 0 saturated heterocycles. The summed E-state index contributed by atoms with van der Waals surface area (Å²) in [5.41, 5.74) is 1.57. The van der Waals surface area contributed by atoms with Gasteiger partial charge in [-0.1, -0.05) is 35.9 Å². The van der Waals surface area contributed by atoms with E-state index in [0.29, 0.717) is 27.5 Å². The molecule has 3 aromatic carbocycles. The van der Waals surface area contributed by atoms with E-state index in [0.717, 1.165) is 4.31 Å². The van der Waals surface area contributed by atoms with E-state index in [1.165, 1.54) is 43.5 Å². The Kier molecular flexibility index (Phi) is 7.17. The van der Waals surface area contributed by atoms with Gasteiger partial charge in [-0.15, -0.1) is 0 Å². The van der Waals surface area contributed by atoms with Crippen LogP contribution >= 0.6 is 11.6 Å². The molecule has 166 valence electrons. The van der Waals surface area contributed by atoms with Gasteiger partial charge in [-0.05, 0) is 61.0 Å². The molecular weight excluding hydrogens is 452 g/mol. The lowest BCUT2D eigenvalue weighted by Gasteiger charge is -2.26. The zero-order chi connectivity index (χ0) is 23.3. The van der Waals surface area contributed by atoms with Crippen LogP contribution in [0.3, 0.4) is 0 Å². The summed E-state index contributed by atoms with van der Waals surface area (Å²) in [6, 6.07) is 18.8. The lowest BCUT2D eigenvalue weighted by molar-refractivity contribution is -0.114. The first-order valence-corrected chi connectivity index (χ1v) is 11.4. The maximum absolute atomic E-state index is 13.4. The van der Waals surface area contributed by atoms with Gasteiger partial charge in [0, 0.05) is 10.7 Å². The summed E-state index contributed by atoms with van der Waals surface area (Å²) in [5, 5.41) is 3.04. The van der Waals surface area contributed by atoms with Crippen molar-refractivity contribution in [3.63, 3.8) is 0 Å². The van der Waals surface area contributed by atoms with Gasteiger partial charge in [-0.25, -0.2) is 13.2 Å². The summed E-state index contributed by atoms with van der Waals surface area (Å²) >= 11 is 6.21.